The van der Waals surface area contributed by atoms with Crippen molar-refractivity contribution in [2.45, 2.75) is 12.8 Å². The molecule has 32 heavy (non-hydrogen) atoms. The molecule has 168 valence electrons. The zero-order chi connectivity index (χ0) is 23.5. The molecule has 0 saturated carbocycles. The first-order valence-corrected chi connectivity index (χ1v) is 8.78. The molecule has 3 aromatic carbocycles. The number of rotatable bonds is 6. The quantitative estimate of drug-likeness (QED) is 0.199. The third kappa shape index (κ3) is 4.98. The number of nitrogens with zero attached hydrogens (tertiary/aromatic N) is 1. The van der Waals surface area contributed by atoms with E-state index in [1.54, 1.807) is 17.6 Å². The van der Waals surface area contributed by atoms with E-state index in [0.717, 1.165) is 6.21 Å². The molecule has 0 heterocycles. The Morgan fingerprint density at radius 2 is 1.41 bits per heavy atom. The van der Waals surface area contributed by atoms with E-state index in [4.69, 9.17) is 4.74 Å². The zero-order valence-corrected chi connectivity index (χ0v) is 15.8. The van der Waals surface area contributed by atoms with Crippen molar-refractivity contribution >= 4 is 11.9 Å². The van der Waals surface area contributed by atoms with Crippen LogP contribution in [0.5, 0.6) is 5.75 Å². The highest BCUT2D eigenvalue weighted by molar-refractivity contribution is 5.84. The normalized spacial score (nSPS) is 11.8. The third-order valence-corrected chi connectivity index (χ3v) is 4.15. The summed E-state index contributed by atoms with van der Waals surface area (Å²) in [4.78, 5) is 0. The maximum absolute atomic E-state index is 13.9. The fraction of sp³-hybridized carbons (Fsp3) is 0.0952. The second-order valence-electron chi connectivity index (χ2n) is 6.33. The van der Waals surface area contributed by atoms with Gasteiger partial charge in [0.05, 0.1) is 6.21 Å². The minimum atomic E-state index is -5.64. The monoisotopic (exact) mass is 460 g/mol. The first-order valence-electron chi connectivity index (χ1n) is 8.78. The molecular weight excluding hydrogens is 448 g/mol. The van der Waals surface area contributed by atoms with E-state index in [0.29, 0.717) is 5.56 Å². The van der Waals surface area contributed by atoms with Crippen LogP contribution in [0.4, 0.5) is 40.8 Å². The lowest BCUT2D eigenvalue weighted by atomic mass is 10.1. The molecular formula is C21H12F8N2O. The van der Waals surface area contributed by atoms with Gasteiger partial charge in [-0.1, -0.05) is 24.3 Å². The summed E-state index contributed by atoms with van der Waals surface area (Å²) < 4.78 is 112. The Bertz CT molecular complexity index is 1110. The van der Waals surface area contributed by atoms with Crippen molar-refractivity contribution in [1.82, 2.24) is 0 Å². The summed E-state index contributed by atoms with van der Waals surface area (Å²) in [7, 11) is 0. The van der Waals surface area contributed by atoms with Gasteiger partial charge in [-0.15, -0.1) is 0 Å². The molecule has 3 rings (SSSR count). The molecule has 0 amide bonds. The Morgan fingerprint density at radius 1 is 0.812 bits per heavy atom. The predicted molar refractivity (Wildman–Crippen MR) is 99.7 cm³/mol. The Labute approximate surface area is 175 Å². The minimum Gasteiger partial charge on any atom is -0.488 e. The summed E-state index contributed by atoms with van der Waals surface area (Å²) >= 11 is 0. The van der Waals surface area contributed by atoms with Gasteiger partial charge in [0.2, 0.25) is 0 Å². The van der Waals surface area contributed by atoms with Gasteiger partial charge in [0.15, 0.2) is 23.3 Å². The van der Waals surface area contributed by atoms with E-state index < -0.39 is 46.5 Å². The van der Waals surface area contributed by atoms with Crippen LogP contribution in [0.25, 0.3) is 0 Å². The lowest BCUT2D eigenvalue weighted by molar-refractivity contribution is -0.143. The van der Waals surface area contributed by atoms with Crippen molar-refractivity contribution in [3.05, 3.63) is 94.3 Å². The van der Waals surface area contributed by atoms with E-state index in [9.17, 15) is 35.1 Å². The summed E-state index contributed by atoms with van der Waals surface area (Å²) in [5.41, 5.74) is -1.65. The maximum atomic E-state index is 13.9. The van der Waals surface area contributed by atoms with Crippen LogP contribution in [0.3, 0.4) is 0 Å². The molecule has 0 bridgehead atoms. The summed E-state index contributed by atoms with van der Waals surface area (Å²) in [5, 5.41) is 3.44. The zero-order valence-electron chi connectivity index (χ0n) is 15.8. The summed E-state index contributed by atoms with van der Waals surface area (Å²) in [6.07, 6.45) is -4.66. The topological polar surface area (TPSA) is 33.6 Å². The van der Waals surface area contributed by atoms with Crippen molar-refractivity contribution < 1.29 is 39.9 Å². The minimum absolute atomic E-state index is 0.0388. The van der Waals surface area contributed by atoms with Crippen molar-refractivity contribution in [2.24, 2.45) is 5.10 Å². The maximum Gasteiger partial charge on any atom is 0.422 e. The Balaban J connectivity index is 1.80. The van der Waals surface area contributed by atoms with Gasteiger partial charge in [-0.3, -0.25) is 5.43 Å². The van der Waals surface area contributed by atoms with Gasteiger partial charge in [0, 0.05) is 5.56 Å². The SMILES string of the molecule is Fc1ccc(COc2ccccc2/C=N\Nc2c(F)c(F)c(C(F)(F)F)c(F)c2F)cc1. The highest BCUT2D eigenvalue weighted by atomic mass is 19.4. The van der Waals surface area contributed by atoms with Crippen LogP contribution in [0.1, 0.15) is 16.7 Å². The number of para-hydroxylation sites is 1. The van der Waals surface area contributed by atoms with Crippen molar-refractivity contribution in [2.75, 3.05) is 5.43 Å². The average molecular weight is 460 g/mol. The number of halogens is 8. The molecule has 0 spiro atoms. The van der Waals surface area contributed by atoms with Crippen LogP contribution in [-0.4, -0.2) is 6.21 Å². The number of benzene rings is 3. The highest BCUT2D eigenvalue weighted by Crippen LogP contribution is 2.38. The van der Waals surface area contributed by atoms with E-state index in [1.807, 2.05) is 0 Å². The molecule has 0 unspecified atom stereocenters. The molecule has 0 saturated heterocycles. The predicted octanol–water partition coefficient (Wildman–Crippen LogP) is 6.43. The second kappa shape index (κ2) is 9.25. The lowest BCUT2D eigenvalue weighted by Gasteiger charge is -2.13. The number of alkyl halides is 3. The van der Waals surface area contributed by atoms with Gasteiger partial charge < -0.3 is 4.74 Å². The largest absolute Gasteiger partial charge is 0.488 e. The van der Waals surface area contributed by atoms with Crippen LogP contribution in [0, 0.1) is 29.1 Å². The summed E-state index contributed by atoms with van der Waals surface area (Å²) in [6, 6.07) is 11.6. The molecule has 0 atom stereocenters. The first kappa shape index (κ1) is 23.0. The Kier molecular flexibility index (Phi) is 6.66. The van der Waals surface area contributed by atoms with Crippen LogP contribution in [0.2, 0.25) is 0 Å². The fourth-order valence-electron chi connectivity index (χ4n) is 2.61. The Hall–Kier alpha value is -3.63. The molecule has 0 aliphatic rings. The molecule has 3 nitrogen and oxygen atoms in total. The standard InChI is InChI=1S/C21H12F8N2O/c22-13-7-5-11(6-8-13)10-32-14-4-2-1-3-12(14)9-30-31-20-18(25)16(23)15(21(27,28)29)17(24)19(20)26/h1-9,31H,10H2/b30-9-. The fourth-order valence-corrected chi connectivity index (χ4v) is 2.61. The molecule has 0 aliphatic heterocycles. The van der Waals surface area contributed by atoms with Crippen LogP contribution in [0.15, 0.2) is 53.6 Å². The molecule has 1 N–H and O–H groups in total. The number of ether oxygens (including phenoxy) is 1. The van der Waals surface area contributed by atoms with Crippen LogP contribution >= 0.6 is 0 Å². The lowest BCUT2D eigenvalue weighted by Crippen LogP contribution is -2.16. The van der Waals surface area contributed by atoms with E-state index in [2.05, 4.69) is 5.10 Å². The van der Waals surface area contributed by atoms with Crippen molar-refractivity contribution in [3.63, 3.8) is 0 Å². The summed E-state index contributed by atoms with van der Waals surface area (Å²) in [5.74, 6) is -9.95. The van der Waals surface area contributed by atoms with Gasteiger partial charge in [0.25, 0.3) is 0 Å². The van der Waals surface area contributed by atoms with E-state index in [-0.39, 0.29) is 17.9 Å². The van der Waals surface area contributed by atoms with Gasteiger partial charge in [-0.25, -0.2) is 22.0 Å². The van der Waals surface area contributed by atoms with Gasteiger partial charge >= 0.3 is 6.18 Å². The molecule has 3 aromatic rings. The third-order valence-electron chi connectivity index (χ3n) is 4.15. The number of hydrogen-bond acceptors (Lipinski definition) is 3. The molecule has 0 radical (unpaired) electrons. The van der Waals surface area contributed by atoms with Gasteiger partial charge in [0.1, 0.15) is 29.4 Å². The summed E-state index contributed by atoms with van der Waals surface area (Å²) in [6.45, 7) is 0.0388. The molecule has 0 aromatic heterocycles. The van der Waals surface area contributed by atoms with Gasteiger partial charge in [-0.2, -0.15) is 18.3 Å². The van der Waals surface area contributed by atoms with Crippen molar-refractivity contribution in [1.29, 1.82) is 0 Å². The van der Waals surface area contributed by atoms with Crippen molar-refractivity contribution in [3.8, 4) is 5.75 Å². The Morgan fingerprint density at radius 3 is 2.00 bits per heavy atom. The number of hydrogen-bond donors (Lipinski definition) is 1. The van der Waals surface area contributed by atoms with Crippen LogP contribution < -0.4 is 10.2 Å². The smallest absolute Gasteiger partial charge is 0.422 e. The van der Waals surface area contributed by atoms with E-state index in [1.165, 1.54) is 36.4 Å². The molecule has 11 heteroatoms. The molecule has 0 aliphatic carbocycles. The highest BCUT2D eigenvalue weighted by Gasteiger charge is 2.42. The second-order valence-corrected chi connectivity index (χ2v) is 6.33. The molecule has 0 fully saturated rings. The average Bonchev–Trinajstić information content (AvgIpc) is 2.74. The van der Waals surface area contributed by atoms with Gasteiger partial charge in [-0.05, 0) is 29.8 Å². The number of anilines is 1. The number of hydrazone groups is 1. The van der Waals surface area contributed by atoms with Crippen LogP contribution in [-0.2, 0) is 12.8 Å². The van der Waals surface area contributed by atoms with E-state index >= 15 is 0 Å². The first-order chi connectivity index (χ1) is 15.1. The number of nitrogens with one attached hydrogen (secondary N) is 1.